The van der Waals surface area contributed by atoms with Crippen molar-refractivity contribution in [3.63, 3.8) is 0 Å². The van der Waals surface area contributed by atoms with Crippen LogP contribution in [0.1, 0.15) is 21.6 Å². The Labute approximate surface area is 170 Å². The summed E-state index contributed by atoms with van der Waals surface area (Å²) >= 11 is 7.35. The van der Waals surface area contributed by atoms with Crippen LogP contribution in [-0.2, 0) is 0 Å². The number of thiazole rings is 1. The van der Waals surface area contributed by atoms with Crippen LogP contribution in [0.2, 0.25) is 5.02 Å². The number of anilines is 1. The maximum Gasteiger partial charge on any atom is 0.270 e. The molecule has 0 saturated carbocycles. The van der Waals surface area contributed by atoms with Crippen LogP contribution in [0.15, 0.2) is 53.1 Å². The third-order valence-corrected chi connectivity index (χ3v) is 5.46. The standard InChI is InChI=1S/C20H15ClN4O2S/c1-11-7-9-13(10-8-11)17-23-19(27-25-17)16-12(2)22-20(28-16)24-18(26)14-5-3-4-6-15(14)21/h3-10H,1-2H3,(H,22,24,26). The van der Waals surface area contributed by atoms with E-state index in [0.29, 0.717) is 38.0 Å². The number of aryl methyl sites for hydroxylation is 2. The van der Waals surface area contributed by atoms with Gasteiger partial charge in [-0.05, 0) is 26.0 Å². The minimum absolute atomic E-state index is 0.322. The predicted molar refractivity (Wildman–Crippen MR) is 110 cm³/mol. The van der Waals surface area contributed by atoms with Crippen LogP contribution in [0.5, 0.6) is 0 Å². The summed E-state index contributed by atoms with van der Waals surface area (Å²) < 4.78 is 5.41. The molecule has 0 bridgehead atoms. The number of nitrogens with one attached hydrogen (secondary N) is 1. The molecule has 4 rings (SSSR count). The summed E-state index contributed by atoms with van der Waals surface area (Å²) in [5, 5.41) is 7.64. The van der Waals surface area contributed by atoms with Crippen LogP contribution < -0.4 is 5.32 Å². The second kappa shape index (κ2) is 7.53. The zero-order chi connectivity index (χ0) is 19.7. The van der Waals surface area contributed by atoms with Crippen LogP contribution in [0.25, 0.3) is 22.2 Å². The van der Waals surface area contributed by atoms with Gasteiger partial charge in [0.25, 0.3) is 11.8 Å². The van der Waals surface area contributed by atoms with Crippen LogP contribution in [0.4, 0.5) is 5.13 Å². The lowest BCUT2D eigenvalue weighted by Crippen LogP contribution is -2.12. The molecule has 0 aliphatic carbocycles. The summed E-state index contributed by atoms with van der Waals surface area (Å²) in [5.41, 5.74) is 3.11. The first kappa shape index (κ1) is 18.3. The molecular formula is C20H15ClN4O2S. The highest BCUT2D eigenvalue weighted by Gasteiger charge is 2.19. The molecule has 0 aliphatic heterocycles. The summed E-state index contributed by atoms with van der Waals surface area (Å²) in [7, 11) is 0. The van der Waals surface area contributed by atoms with Crippen molar-refractivity contribution < 1.29 is 9.32 Å². The molecule has 4 aromatic rings. The molecule has 0 radical (unpaired) electrons. The Bertz CT molecular complexity index is 1150. The van der Waals surface area contributed by atoms with E-state index in [9.17, 15) is 4.79 Å². The lowest BCUT2D eigenvalue weighted by atomic mass is 10.1. The van der Waals surface area contributed by atoms with Crippen molar-refractivity contribution in [2.75, 3.05) is 5.32 Å². The molecule has 1 amide bonds. The summed E-state index contributed by atoms with van der Waals surface area (Å²) in [6.07, 6.45) is 0. The van der Waals surface area contributed by atoms with E-state index in [1.807, 2.05) is 38.1 Å². The fourth-order valence-electron chi connectivity index (χ4n) is 2.59. The van der Waals surface area contributed by atoms with Crippen molar-refractivity contribution in [2.24, 2.45) is 0 Å². The third-order valence-electron chi connectivity index (χ3n) is 4.07. The van der Waals surface area contributed by atoms with Crippen molar-refractivity contribution in [3.05, 3.63) is 70.4 Å². The van der Waals surface area contributed by atoms with Crippen LogP contribution in [0.3, 0.4) is 0 Å². The normalized spacial score (nSPS) is 10.8. The van der Waals surface area contributed by atoms with E-state index in [-0.39, 0.29) is 5.91 Å². The molecule has 2 aromatic heterocycles. The number of halogens is 1. The van der Waals surface area contributed by atoms with Gasteiger partial charge in [0.15, 0.2) is 5.13 Å². The Morgan fingerprint density at radius 1 is 1.07 bits per heavy atom. The van der Waals surface area contributed by atoms with E-state index in [2.05, 4.69) is 20.4 Å². The molecule has 0 aliphatic rings. The van der Waals surface area contributed by atoms with Gasteiger partial charge in [-0.2, -0.15) is 4.98 Å². The first-order chi connectivity index (χ1) is 13.5. The summed E-state index contributed by atoms with van der Waals surface area (Å²) in [5.74, 6) is 0.546. The molecule has 0 unspecified atom stereocenters. The Morgan fingerprint density at radius 2 is 1.82 bits per heavy atom. The fraction of sp³-hybridized carbons (Fsp3) is 0.100. The van der Waals surface area contributed by atoms with Gasteiger partial charge >= 0.3 is 0 Å². The first-order valence-corrected chi connectivity index (χ1v) is 9.65. The van der Waals surface area contributed by atoms with Gasteiger partial charge in [0.05, 0.1) is 16.3 Å². The molecule has 28 heavy (non-hydrogen) atoms. The molecule has 0 spiro atoms. The van der Waals surface area contributed by atoms with Crippen molar-refractivity contribution in [1.82, 2.24) is 15.1 Å². The number of amides is 1. The molecule has 0 atom stereocenters. The fourth-order valence-corrected chi connectivity index (χ4v) is 3.70. The minimum atomic E-state index is -0.322. The van der Waals surface area contributed by atoms with Crippen molar-refractivity contribution in [1.29, 1.82) is 0 Å². The van der Waals surface area contributed by atoms with Gasteiger partial charge in [0, 0.05) is 5.56 Å². The minimum Gasteiger partial charge on any atom is -0.333 e. The molecule has 2 aromatic carbocycles. The van der Waals surface area contributed by atoms with E-state index < -0.39 is 0 Å². The van der Waals surface area contributed by atoms with Gasteiger partial charge in [0.2, 0.25) is 5.82 Å². The molecular weight excluding hydrogens is 396 g/mol. The zero-order valence-electron chi connectivity index (χ0n) is 15.1. The molecule has 0 saturated heterocycles. The zero-order valence-corrected chi connectivity index (χ0v) is 16.6. The Morgan fingerprint density at radius 3 is 2.57 bits per heavy atom. The lowest BCUT2D eigenvalue weighted by molar-refractivity contribution is 0.102. The van der Waals surface area contributed by atoms with E-state index >= 15 is 0 Å². The van der Waals surface area contributed by atoms with Crippen LogP contribution in [-0.4, -0.2) is 21.0 Å². The van der Waals surface area contributed by atoms with E-state index in [1.54, 1.807) is 24.3 Å². The van der Waals surface area contributed by atoms with Crippen LogP contribution >= 0.6 is 22.9 Å². The number of rotatable bonds is 4. The smallest absolute Gasteiger partial charge is 0.270 e. The topological polar surface area (TPSA) is 80.9 Å². The third kappa shape index (κ3) is 3.67. The van der Waals surface area contributed by atoms with E-state index in [0.717, 1.165) is 11.1 Å². The molecule has 6 nitrogen and oxygen atoms in total. The molecule has 1 N–H and O–H groups in total. The first-order valence-electron chi connectivity index (χ1n) is 8.45. The van der Waals surface area contributed by atoms with Crippen molar-refractivity contribution in [3.8, 4) is 22.2 Å². The monoisotopic (exact) mass is 410 g/mol. The van der Waals surface area contributed by atoms with Gasteiger partial charge in [-0.1, -0.05) is 70.1 Å². The average Bonchev–Trinajstić information content (AvgIpc) is 3.29. The number of aromatic nitrogens is 3. The number of nitrogens with zero attached hydrogens (tertiary/aromatic N) is 3. The number of carbonyl (C=O) groups excluding carboxylic acids is 1. The highest BCUT2D eigenvalue weighted by atomic mass is 35.5. The lowest BCUT2D eigenvalue weighted by Gasteiger charge is -2.03. The maximum absolute atomic E-state index is 12.4. The largest absolute Gasteiger partial charge is 0.333 e. The summed E-state index contributed by atoms with van der Waals surface area (Å²) in [6.45, 7) is 3.84. The number of benzene rings is 2. The van der Waals surface area contributed by atoms with E-state index in [4.69, 9.17) is 16.1 Å². The van der Waals surface area contributed by atoms with Crippen LogP contribution in [0, 0.1) is 13.8 Å². The van der Waals surface area contributed by atoms with Gasteiger partial charge in [-0.3, -0.25) is 10.1 Å². The molecule has 2 heterocycles. The Hall–Kier alpha value is -3.03. The van der Waals surface area contributed by atoms with Gasteiger partial charge < -0.3 is 4.52 Å². The van der Waals surface area contributed by atoms with Crippen molar-refractivity contribution in [2.45, 2.75) is 13.8 Å². The highest BCUT2D eigenvalue weighted by Crippen LogP contribution is 2.33. The highest BCUT2D eigenvalue weighted by molar-refractivity contribution is 7.19. The Kier molecular flexibility index (Phi) is 4.93. The summed E-state index contributed by atoms with van der Waals surface area (Å²) in [6, 6.07) is 14.7. The number of hydrogen-bond donors (Lipinski definition) is 1. The second-order valence-electron chi connectivity index (χ2n) is 6.16. The maximum atomic E-state index is 12.4. The van der Waals surface area contributed by atoms with Gasteiger partial charge in [0.1, 0.15) is 4.88 Å². The van der Waals surface area contributed by atoms with Gasteiger partial charge in [-0.15, -0.1) is 0 Å². The summed E-state index contributed by atoms with van der Waals surface area (Å²) in [4.78, 5) is 22.0. The average molecular weight is 411 g/mol. The number of carbonyl (C=O) groups is 1. The molecule has 0 fully saturated rings. The predicted octanol–water partition coefficient (Wildman–Crippen LogP) is 5.38. The van der Waals surface area contributed by atoms with Crippen molar-refractivity contribution >= 4 is 34.0 Å². The number of hydrogen-bond acceptors (Lipinski definition) is 6. The SMILES string of the molecule is Cc1ccc(-c2noc(-c3sc(NC(=O)c4ccccc4Cl)nc3C)n2)cc1. The second-order valence-corrected chi connectivity index (χ2v) is 7.56. The molecule has 140 valence electrons. The quantitative estimate of drug-likeness (QED) is 0.488. The molecule has 8 heteroatoms. The van der Waals surface area contributed by atoms with Gasteiger partial charge in [-0.25, -0.2) is 4.98 Å². The van der Waals surface area contributed by atoms with E-state index in [1.165, 1.54) is 11.3 Å². The Balaban J connectivity index is 1.57.